The zero-order valence-electron chi connectivity index (χ0n) is 10.1. The minimum absolute atomic E-state index is 0.110. The predicted octanol–water partition coefficient (Wildman–Crippen LogP) is 0.730. The molecule has 98 valence electrons. The van der Waals surface area contributed by atoms with Crippen LogP contribution in [-0.4, -0.2) is 49.6 Å². The Morgan fingerprint density at radius 1 is 1.59 bits per heavy atom. The minimum atomic E-state index is -3.62. The molecule has 0 atom stereocenters. The van der Waals surface area contributed by atoms with E-state index in [4.69, 9.17) is 16.3 Å². The van der Waals surface area contributed by atoms with Crippen molar-refractivity contribution >= 4 is 21.6 Å². The first kappa shape index (κ1) is 14.4. The highest BCUT2D eigenvalue weighted by Gasteiger charge is 2.26. The lowest BCUT2D eigenvalue weighted by atomic mass is 10.5. The predicted molar refractivity (Wildman–Crippen MR) is 64.5 cm³/mol. The number of aryl methyl sites for hydroxylation is 1. The van der Waals surface area contributed by atoms with Crippen LogP contribution in [0.5, 0.6) is 0 Å². The molecule has 0 radical (unpaired) electrons. The van der Waals surface area contributed by atoms with Gasteiger partial charge in [-0.3, -0.25) is 0 Å². The minimum Gasteiger partial charge on any atom is -0.385 e. The van der Waals surface area contributed by atoms with E-state index < -0.39 is 10.0 Å². The molecule has 0 aliphatic rings. The number of halogens is 1. The smallest absolute Gasteiger partial charge is 0.263 e. The van der Waals surface area contributed by atoms with Crippen LogP contribution in [0.4, 0.5) is 0 Å². The number of methoxy groups -OCH3 is 1. The van der Waals surface area contributed by atoms with Crippen LogP contribution in [0.3, 0.4) is 0 Å². The number of ether oxygens (including phenoxy) is 1. The molecule has 0 amide bonds. The summed E-state index contributed by atoms with van der Waals surface area (Å²) in [7, 11) is 1.09. The Balaban J connectivity index is 2.84. The van der Waals surface area contributed by atoms with Crippen LogP contribution in [0, 0.1) is 0 Å². The standard InChI is InChI=1S/C9H16ClN3O3S/c1-12-7-11-9(8(12)10)17(14,15)13(2)5-4-6-16-3/h7H,4-6H2,1-3H3. The van der Waals surface area contributed by atoms with Crippen molar-refractivity contribution in [2.45, 2.75) is 11.4 Å². The van der Waals surface area contributed by atoms with E-state index in [0.717, 1.165) is 0 Å². The largest absolute Gasteiger partial charge is 0.385 e. The van der Waals surface area contributed by atoms with E-state index >= 15 is 0 Å². The van der Waals surface area contributed by atoms with Gasteiger partial charge in [0.05, 0.1) is 6.33 Å². The summed E-state index contributed by atoms with van der Waals surface area (Å²) in [5, 5.41) is 0.00479. The Labute approximate surface area is 106 Å². The summed E-state index contributed by atoms with van der Waals surface area (Å²) >= 11 is 5.87. The topological polar surface area (TPSA) is 64.4 Å². The average molecular weight is 282 g/mol. The van der Waals surface area contributed by atoms with Crippen molar-refractivity contribution in [3.8, 4) is 0 Å². The van der Waals surface area contributed by atoms with Gasteiger partial charge in [-0.1, -0.05) is 11.6 Å². The third-order valence-corrected chi connectivity index (χ3v) is 4.66. The maximum Gasteiger partial charge on any atom is 0.263 e. The van der Waals surface area contributed by atoms with Gasteiger partial charge in [-0.25, -0.2) is 13.4 Å². The van der Waals surface area contributed by atoms with Crippen LogP contribution >= 0.6 is 11.6 Å². The fourth-order valence-corrected chi connectivity index (χ4v) is 2.85. The Bertz CT molecular complexity index is 472. The SMILES string of the molecule is COCCCN(C)S(=O)(=O)c1ncn(C)c1Cl. The first-order chi connectivity index (χ1) is 7.91. The molecule has 0 aromatic carbocycles. The van der Waals surface area contributed by atoms with E-state index in [1.165, 1.54) is 22.2 Å². The van der Waals surface area contributed by atoms with Gasteiger partial charge in [0.2, 0.25) is 5.03 Å². The lowest BCUT2D eigenvalue weighted by molar-refractivity contribution is 0.189. The number of sulfonamides is 1. The molecule has 17 heavy (non-hydrogen) atoms. The Hall–Kier alpha value is -0.630. The molecule has 0 N–H and O–H groups in total. The van der Waals surface area contributed by atoms with Crippen molar-refractivity contribution in [1.29, 1.82) is 0 Å². The van der Waals surface area contributed by atoms with E-state index in [2.05, 4.69) is 4.98 Å². The molecular weight excluding hydrogens is 266 g/mol. The van der Waals surface area contributed by atoms with Crippen LogP contribution in [-0.2, 0) is 21.8 Å². The molecule has 1 rings (SSSR count). The van der Waals surface area contributed by atoms with Gasteiger partial charge in [-0.05, 0) is 6.42 Å². The molecule has 0 bridgehead atoms. The number of hydrogen-bond acceptors (Lipinski definition) is 4. The Morgan fingerprint density at radius 3 is 2.71 bits per heavy atom. The van der Waals surface area contributed by atoms with Gasteiger partial charge in [0, 0.05) is 34.4 Å². The van der Waals surface area contributed by atoms with Crippen molar-refractivity contribution < 1.29 is 13.2 Å². The summed E-state index contributed by atoms with van der Waals surface area (Å²) in [6, 6.07) is 0. The second-order valence-corrected chi connectivity index (χ2v) is 5.94. The molecule has 6 nitrogen and oxygen atoms in total. The molecule has 0 saturated carbocycles. The highest BCUT2D eigenvalue weighted by atomic mass is 35.5. The molecule has 1 aromatic rings. The van der Waals surface area contributed by atoms with E-state index in [9.17, 15) is 8.42 Å². The van der Waals surface area contributed by atoms with Crippen molar-refractivity contribution in [2.75, 3.05) is 27.3 Å². The maximum absolute atomic E-state index is 12.1. The average Bonchev–Trinajstić information content (AvgIpc) is 2.60. The lowest BCUT2D eigenvalue weighted by Gasteiger charge is -2.15. The molecular formula is C9H16ClN3O3S. The fourth-order valence-electron chi connectivity index (χ4n) is 1.27. The van der Waals surface area contributed by atoms with Crippen molar-refractivity contribution in [3.05, 3.63) is 11.5 Å². The maximum atomic E-state index is 12.1. The molecule has 8 heteroatoms. The summed E-state index contributed by atoms with van der Waals surface area (Å²) in [6.45, 7) is 0.874. The van der Waals surface area contributed by atoms with Gasteiger partial charge >= 0.3 is 0 Å². The second kappa shape index (κ2) is 5.81. The van der Waals surface area contributed by atoms with Gasteiger partial charge in [0.25, 0.3) is 10.0 Å². The van der Waals surface area contributed by atoms with Crippen LogP contribution in [0.1, 0.15) is 6.42 Å². The molecule has 0 fully saturated rings. The van der Waals surface area contributed by atoms with Gasteiger partial charge < -0.3 is 9.30 Å². The Kier molecular flexibility index (Phi) is 4.93. The normalized spacial score (nSPS) is 12.3. The highest BCUT2D eigenvalue weighted by Crippen LogP contribution is 2.21. The van der Waals surface area contributed by atoms with E-state index in [-0.39, 0.29) is 10.2 Å². The van der Waals surface area contributed by atoms with Crippen LogP contribution in [0.15, 0.2) is 11.4 Å². The molecule has 0 aliphatic heterocycles. The highest BCUT2D eigenvalue weighted by molar-refractivity contribution is 7.89. The van der Waals surface area contributed by atoms with E-state index in [1.54, 1.807) is 14.2 Å². The molecule has 1 aromatic heterocycles. The number of nitrogens with zero attached hydrogens (tertiary/aromatic N) is 3. The number of aromatic nitrogens is 2. The second-order valence-electron chi connectivity index (χ2n) is 3.62. The fraction of sp³-hybridized carbons (Fsp3) is 0.667. The van der Waals surface area contributed by atoms with Gasteiger partial charge in [-0.2, -0.15) is 4.31 Å². The quantitative estimate of drug-likeness (QED) is 0.721. The molecule has 0 saturated heterocycles. The molecule has 0 aliphatic carbocycles. The van der Waals surface area contributed by atoms with Crippen molar-refractivity contribution in [1.82, 2.24) is 13.9 Å². The monoisotopic (exact) mass is 281 g/mol. The van der Waals surface area contributed by atoms with E-state index in [0.29, 0.717) is 19.6 Å². The Morgan fingerprint density at radius 2 is 2.24 bits per heavy atom. The van der Waals surface area contributed by atoms with E-state index in [1.807, 2.05) is 0 Å². The zero-order valence-corrected chi connectivity index (χ0v) is 11.6. The van der Waals surface area contributed by atoms with Crippen LogP contribution < -0.4 is 0 Å². The molecule has 0 unspecified atom stereocenters. The lowest BCUT2D eigenvalue weighted by Crippen LogP contribution is -2.29. The zero-order chi connectivity index (χ0) is 13.1. The van der Waals surface area contributed by atoms with Crippen LogP contribution in [0.2, 0.25) is 5.15 Å². The summed E-state index contributed by atoms with van der Waals surface area (Å²) in [6.07, 6.45) is 1.99. The summed E-state index contributed by atoms with van der Waals surface area (Å²) in [4.78, 5) is 3.81. The molecule has 1 heterocycles. The first-order valence-corrected chi connectivity index (χ1v) is 6.85. The first-order valence-electron chi connectivity index (χ1n) is 5.03. The summed E-state index contributed by atoms with van der Waals surface area (Å²) < 4.78 is 31.7. The third kappa shape index (κ3) is 3.19. The van der Waals surface area contributed by atoms with Crippen molar-refractivity contribution in [2.24, 2.45) is 7.05 Å². The van der Waals surface area contributed by atoms with Gasteiger partial charge in [0.1, 0.15) is 5.15 Å². The number of rotatable bonds is 6. The van der Waals surface area contributed by atoms with Gasteiger partial charge in [-0.15, -0.1) is 0 Å². The molecule has 0 spiro atoms. The van der Waals surface area contributed by atoms with Crippen molar-refractivity contribution in [3.63, 3.8) is 0 Å². The third-order valence-electron chi connectivity index (χ3n) is 2.31. The van der Waals surface area contributed by atoms with Gasteiger partial charge in [0.15, 0.2) is 0 Å². The number of imidazole rings is 1. The summed E-state index contributed by atoms with van der Waals surface area (Å²) in [5.74, 6) is 0. The number of hydrogen-bond donors (Lipinski definition) is 0. The summed E-state index contributed by atoms with van der Waals surface area (Å²) in [5.41, 5.74) is 0. The van der Waals surface area contributed by atoms with Crippen LogP contribution in [0.25, 0.3) is 0 Å².